The molecule has 1 N–H and O–H groups in total. The van der Waals surface area contributed by atoms with E-state index in [0.29, 0.717) is 26.1 Å². The Labute approximate surface area is 164 Å². The van der Waals surface area contributed by atoms with E-state index in [1.54, 1.807) is 11.8 Å². The smallest absolute Gasteiger partial charge is 0.238 e. The molecule has 3 rings (SSSR count). The fraction of sp³-hybridized carbons (Fsp3) is 0.333. The van der Waals surface area contributed by atoms with Crippen LogP contribution in [0.15, 0.2) is 65.6 Å². The van der Waals surface area contributed by atoms with E-state index in [9.17, 15) is 9.59 Å². The molecule has 0 saturated carbocycles. The topological polar surface area (TPSA) is 52.7 Å². The highest BCUT2D eigenvalue weighted by Crippen LogP contribution is 2.18. The molecule has 0 aliphatic carbocycles. The second-order valence-electron chi connectivity index (χ2n) is 6.48. The molecule has 142 valence electrons. The van der Waals surface area contributed by atoms with Gasteiger partial charge in [-0.2, -0.15) is 0 Å². The molecule has 1 heterocycles. The highest BCUT2D eigenvalue weighted by atomic mass is 32.2. The SMILES string of the molecule is O=C(CN1CCN(C(=O)CCSc2ccccc2)CC1)Nc1ccccc1. The number of nitrogens with one attached hydrogen (secondary N) is 1. The third kappa shape index (κ3) is 6.41. The molecule has 1 aliphatic heterocycles. The van der Waals surface area contributed by atoms with Crippen molar-refractivity contribution in [3.63, 3.8) is 0 Å². The molecule has 0 unspecified atom stereocenters. The lowest BCUT2D eigenvalue weighted by atomic mass is 10.2. The van der Waals surface area contributed by atoms with E-state index < -0.39 is 0 Å². The Balaban J connectivity index is 1.34. The lowest BCUT2D eigenvalue weighted by Gasteiger charge is -2.34. The fourth-order valence-electron chi connectivity index (χ4n) is 3.01. The maximum absolute atomic E-state index is 12.4. The summed E-state index contributed by atoms with van der Waals surface area (Å²) in [6.07, 6.45) is 0.550. The predicted octanol–water partition coefficient (Wildman–Crippen LogP) is 2.95. The van der Waals surface area contributed by atoms with Crippen LogP contribution in [-0.4, -0.2) is 60.1 Å². The number of hydrogen-bond donors (Lipinski definition) is 1. The van der Waals surface area contributed by atoms with Crippen molar-refractivity contribution in [2.24, 2.45) is 0 Å². The standard InChI is InChI=1S/C21H25N3O2S/c25-20(22-18-7-3-1-4-8-18)17-23-12-14-24(15-13-23)21(26)11-16-27-19-9-5-2-6-10-19/h1-10H,11-17H2,(H,22,25). The van der Waals surface area contributed by atoms with E-state index in [-0.39, 0.29) is 11.8 Å². The summed E-state index contributed by atoms with van der Waals surface area (Å²) in [4.78, 5) is 29.7. The first-order valence-corrected chi connectivity index (χ1v) is 10.2. The minimum absolute atomic E-state index is 0.0137. The molecule has 6 heteroatoms. The van der Waals surface area contributed by atoms with Crippen molar-refractivity contribution in [2.75, 3.05) is 43.8 Å². The number of para-hydroxylation sites is 1. The van der Waals surface area contributed by atoms with Crippen LogP contribution in [0, 0.1) is 0 Å². The van der Waals surface area contributed by atoms with Gasteiger partial charge in [-0.3, -0.25) is 14.5 Å². The van der Waals surface area contributed by atoms with Crippen molar-refractivity contribution < 1.29 is 9.59 Å². The Morgan fingerprint density at radius 1 is 0.889 bits per heavy atom. The zero-order valence-electron chi connectivity index (χ0n) is 15.3. The molecule has 1 fully saturated rings. The first-order chi connectivity index (χ1) is 13.2. The predicted molar refractivity (Wildman–Crippen MR) is 110 cm³/mol. The summed E-state index contributed by atoms with van der Waals surface area (Å²) in [5.74, 6) is 0.981. The zero-order chi connectivity index (χ0) is 18.9. The maximum Gasteiger partial charge on any atom is 0.238 e. The van der Waals surface area contributed by atoms with Gasteiger partial charge >= 0.3 is 0 Å². The van der Waals surface area contributed by atoms with Crippen molar-refractivity contribution in [3.05, 3.63) is 60.7 Å². The lowest BCUT2D eigenvalue weighted by molar-refractivity contribution is -0.132. The summed E-state index contributed by atoms with van der Waals surface area (Å²) in [6, 6.07) is 19.6. The highest BCUT2D eigenvalue weighted by molar-refractivity contribution is 7.99. The average Bonchev–Trinajstić information content (AvgIpc) is 2.70. The van der Waals surface area contributed by atoms with E-state index in [2.05, 4.69) is 22.3 Å². The van der Waals surface area contributed by atoms with Crippen LogP contribution in [0.5, 0.6) is 0 Å². The molecule has 0 atom stereocenters. The second-order valence-corrected chi connectivity index (χ2v) is 7.65. The molecule has 2 aromatic rings. The van der Waals surface area contributed by atoms with E-state index in [4.69, 9.17) is 0 Å². The Bertz CT molecular complexity index is 732. The normalized spacial score (nSPS) is 14.7. The average molecular weight is 384 g/mol. The van der Waals surface area contributed by atoms with E-state index >= 15 is 0 Å². The van der Waals surface area contributed by atoms with E-state index in [1.807, 2.05) is 53.4 Å². The number of amides is 2. The van der Waals surface area contributed by atoms with Crippen LogP contribution in [0.25, 0.3) is 0 Å². The number of piperazine rings is 1. The number of nitrogens with zero attached hydrogens (tertiary/aromatic N) is 2. The minimum atomic E-state index is -0.0137. The highest BCUT2D eigenvalue weighted by Gasteiger charge is 2.22. The van der Waals surface area contributed by atoms with Gasteiger partial charge in [0.15, 0.2) is 0 Å². The molecule has 0 spiro atoms. The fourth-order valence-corrected chi connectivity index (χ4v) is 3.87. The lowest BCUT2D eigenvalue weighted by Crippen LogP contribution is -2.50. The van der Waals surface area contributed by atoms with Gasteiger partial charge in [0.1, 0.15) is 0 Å². The number of rotatable bonds is 7. The number of benzene rings is 2. The summed E-state index contributed by atoms with van der Waals surface area (Å²) < 4.78 is 0. The van der Waals surface area contributed by atoms with Gasteiger partial charge in [0.05, 0.1) is 6.54 Å². The third-order valence-corrected chi connectivity index (χ3v) is 5.49. The van der Waals surface area contributed by atoms with Crippen LogP contribution in [0.3, 0.4) is 0 Å². The summed E-state index contributed by atoms with van der Waals surface area (Å²) in [7, 11) is 0. The Hall–Kier alpha value is -2.31. The van der Waals surface area contributed by atoms with Crippen molar-refractivity contribution in [2.45, 2.75) is 11.3 Å². The number of hydrogen-bond acceptors (Lipinski definition) is 4. The van der Waals surface area contributed by atoms with Crippen molar-refractivity contribution in [1.82, 2.24) is 9.80 Å². The molecular formula is C21H25N3O2S. The van der Waals surface area contributed by atoms with Gasteiger partial charge in [0.2, 0.25) is 11.8 Å². The molecule has 2 amide bonds. The second kappa shape index (κ2) is 10.1. The summed E-state index contributed by atoms with van der Waals surface area (Å²) in [5.41, 5.74) is 0.812. The number of carbonyl (C=O) groups is 2. The first kappa shape index (κ1) is 19.5. The molecule has 1 saturated heterocycles. The summed E-state index contributed by atoms with van der Waals surface area (Å²) in [6.45, 7) is 3.21. The van der Waals surface area contributed by atoms with Crippen LogP contribution >= 0.6 is 11.8 Å². The largest absolute Gasteiger partial charge is 0.340 e. The third-order valence-electron chi connectivity index (χ3n) is 4.48. The monoisotopic (exact) mass is 383 g/mol. The molecular weight excluding hydrogens is 358 g/mol. The molecule has 1 aliphatic rings. The van der Waals surface area contributed by atoms with Crippen LogP contribution in [-0.2, 0) is 9.59 Å². The van der Waals surface area contributed by atoms with Crippen LogP contribution in [0.1, 0.15) is 6.42 Å². The van der Waals surface area contributed by atoms with Crippen LogP contribution in [0.2, 0.25) is 0 Å². The van der Waals surface area contributed by atoms with E-state index in [0.717, 1.165) is 24.5 Å². The van der Waals surface area contributed by atoms with Crippen molar-refractivity contribution in [1.29, 1.82) is 0 Å². The van der Waals surface area contributed by atoms with Crippen molar-refractivity contribution in [3.8, 4) is 0 Å². The van der Waals surface area contributed by atoms with Crippen LogP contribution < -0.4 is 5.32 Å². The Morgan fingerprint density at radius 2 is 1.52 bits per heavy atom. The number of thioether (sulfide) groups is 1. The molecule has 0 radical (unpaired) electrons. The van der Waals surface area contributed by atoms with Gasteiger partial charge in [-0.15, -0.1) is 11.8 Å². The Morgan fingerprint density at radius 3 is 2.19 bits per heavy atom. The zero-order valence-corrected chi connectivity index (χ0v) is 16.2. The maximum atomic E-state index is 12.4. The van der Waals surface area contributed by atoms with Gasteiger partial charge in [-0.25, -0.2) is 0 Å². The number of carbonyl (C=O) groups excluding carboxylic acids is 2. The number of anilines is 1. The van der Waals surface area contributed by atoms with Crippen LogP contribution in [0.4, 0.5) is 5.69 Å². The quantitative estimate of drug-likeness (QED) is 0.747. The molecule has 5 nitrogen and oxygen atoms in total. The van der Waals surface area contributed by atoms with Gasteiger partial charge in [-0.1, -0.05) is 36.4 Å². The molecule has 0 aromatic heterocycles. The first-order valence-electron chi connectivity index (χ1n) is 9.23. The van der Waals surface area contributed by atoms with Crippen molar-refractivity contribution >= 4 is 29.3 Å². The Kier molecular flexibility index (Phi) is 7.30. The van der Waals surface area contributed by atoms with Gasteiger partial charge in [0.25, 0.3) is 0 Å². The minimum Gasteiger partial charge on any atom is -0.340 e. The summed E-state index contributed by atoms with van der Waals surface area (Å²) in [5, 5.41) is 2.90. The van der Waals surface area contributed by atoms with Gasteiger partial charge in [-0.05, 0) is 24.3 Å². The van der Waals surface area contributed by atoms with E-state index in [1.165, 1.54) is 4.90 Å². The summed E-state index contributed by atoms with van der Waals surface area (Å²) >= 11 is 1.71. The van der Waals surface area contributed by atoms with Gasteiger partial charge < -0.3 is 10.2 Å². The molecule has 27 heavy (non-hydrogen) atoms. The van der Waals surface area contributed by atoms with Gasteiger partial charge in [0, 0.05) is 48.9 Å². The molecule has 2 aromatic carbocycles. The molecule has 0 bridgehead atoms.